The van der Waals surface area contributed by atoms with Crippen molar-refractivity contribution in [2.24, 2.45) is 11.8 Å². The molecule has 0 aliphatic carbocycles. The van der Waals surface area contributed by atoms with Crippen molar-refractivity contribution in [3.8, 4) is 6.07 Å². The maximum absolute atomic E-state index is 13.1. The molecule has 3 fully saturated rings. The first kappa shape index (κ1) is 16.5. The van der Waals surface area contributed by atoms with Gasteiger partial charge in [-0.15, -0.1) is 0 Å². The van der Waals surface area contributed by atoms with Crippen LogP contribution in [0.3, 0.4) is 0 Å². The molecule has 0 aromatic heterocycles. The van der Waals surface area contributed by atoms with E-state index in [0.717, 1.165) is 24.1 Å². The van der Waals surface area contributed by atoms with Crippen molar-refractivity contribution in [2.75, 3.05) is 11.4 Å². The van der Waals surface area contributed by atoms with E-state index < -0.39 is 17.9 Å². The van der Waals surface area contributed by atoms with Crippen LogP contribution in [0.15, 0.2) is 18.2 Å². The van der Waals surface area contributed by atoms with Gasteiger partial charge >= 0.3 is 0 Å². The number of nitriles is 1. The van der Waals surface area contributed by atoms with Gasteiger partial charge in [-0.1, -0.05) is 0 Å². The number of nitrogens with zero attached hydrogens (tertiary/aromatic N) is 3. The second-order valence-electron chi connectivity index (χ2n) is 7.76. The lowest BCUT2D eigenvalue weighted by atomic mass is 9.81. The summed E-state index contributed by atoms with van der Waals surface area (Å²) in [6.45, 7) is 2.12. The molecular formula is C20H19N3O4. The summed E-state index contributed by atoms with van der Waals surface area (Å²) in [6, 6.07) is 6.50. The Morgan fingerprint density at radius 2 is 1.89 bits per heavy atom. The molecule has 5 rings (SSSR count). The van der Waals surface area contributed by atoms with E-state index in [-0.39, 0.29) is 29.9 Å². The predicted octanol–water partition coefficient (Wildman–Crippen LogP) is 0.998. The van der Waals surface area contributed by atoms with Gasteiger partial charge in [0.1, 0.15) is 6.04 Å². The molecule has 27 heavy (non-hydrogen) atoms. The lowest BCUT2D eigenvalue weighted by Gasteiger charge is -2.28. The number of anilines is 1. The summed E-state index contributed by atoms with van der Waals surface area (Å²) in [5.74, 6) is -1.63. The maximum Gasteiger partial charge on any atom is 0.250 e. The smallest absolute Gasteiger partial charge is 0.250 e. The molecule has 4 aliphatic heterocycles. The Kier molecular flexibility index (Phi) is 3.43. The molecule has 2 bridgehead atoms. The highest BCUT2D eigenvalue weighted by atomic mass is 16.5. The van der Waals surface area contributed by atoms with E-state index in [1.54, 1.807) is 30.0 Å². The molecule has 4 heterocycles. The molecule has 1 aromatic carbocycles. The molecule has 0 spiro atoms. The molecule has 0 radical (unpaired) electrons. The molecule has 7 heteroatoms. The monoisotopic (exact) mass is 365 g/mol. The number of carbonyl (C=O) groups excluding carboxylic acids is 3. The van der Waals surface area contributed by atoms with Gasteiger partial charge in [0.25, 0.3) is 0 Å². The van der Waals surface area contributed by atoms with E-state index in [1.807, 2.05) is 0 Å². The minimum Gasteiger partial charge on any atom is -0.373 e. The van der Waals surface area contributed by atoms with Crippen LogP contribution in [0.2, 0.25) is 0 Å². The SMILES string of the molecule is CC(C(=O)N1CCc2cc(C#N)ccc21)N1C(=O)C2C3CCC(O3)C2C1=O. The summed E-state index contributed by atoms with van der Waals surface area (Å²) < 4.78 is 5.75. The van der Waals surface area contributed by atoms with Gasteiger partial charge in [0.05, 0.1) is 35.7 Å². The Morgan fingerprint density at radius 3 is 2.52 bits per heavy atom. The normalized spacial score (nSPS) is 31.9. The fourth-order valence-electron chi connectivity index (χ4n) is 5.15. The molecular weight excluding hydrogens is 346 g/mol. The fourth-order valence-corrected chi connectivity index (χ4v) is 5.15. The molecule has 3 amide bonds. The number of rotatable bonds is 2. The third-order valence-electron chi connectivity index (χ3n) is 6.43. The molecule has 0 saturated carbocycles. The largest absolute Gasteiger partial charge is 0.373 e. The van der Waals surface area contributed by atoms with Crippen LogP contribution in [-0.4, -0.2) is 47.4 Å². The number of hydrogen-bond donors (Lipinski definition) is 0. The number of imide groups is 1. The first-order chi connectivity index (χ1) is 13.0. The molecule has 1 aromatic rings. The van der Waals surface area contributed by atoms with Crippen LogP contribution in [-0.2, 0) is 25.5 Å². The maximum atomic E-state index is 13.1. The summed E-state index contributed by atoms with van der Waals surface area (Å²) in [4.78, 5) is 41.7. The number of benzene rings is 1. The number of likely N-dealkylation sites (tertiary alicyclic amines) is 1. The Bertz CT molecular complexity index is 892. The van der Waals surface area contributed by atoms with Crippen LogP contribution in [0.1, 0.15) is 30.9 Å². The second-order valence-corrected chi connectivity index (χ2v) is 7.76. The van der Waals surface area contributed by atoms with Gasteiger partial charge in [-0.2, -0.15) is 5.26 Å². The average molecular weight is 365 g/mol. The van der Waals surface area contributed by atoms with Crippen molar-refractivity contribution in [1.82, 2.24) is 4.90 Å². The van der Waals surface area contributed by atoms with Crippen LogP contribution in [0.4, 0.5) is 5.69 Å². The third-order valence-corrected chi connectivity index (χ3v) is 6.43. The van der Waals surface area contributed by atoms with Gasteiger partial charge in [-0.05, 0) is 49.9 Å². The van der Waals surface area contributed by atoms with Crippen LogP contribution in [0.5, 0.6) is 0 Å². The quantitative estimate of drug-likeness (QED) is 0.729. The highest BCUT2D eigenvalue weighted by molar-refractivity contribution is 6.11. The molecule has 7 nitrogen and oxygen atoms in total. The topological polar surface area (TPSA) is 90.7 Å². The van der Waals surface area contributed by atoms with Crippen LogP contribution >= 0.6 is 0 Å². The number of ether oxygens (including phenoxy) is 1. The van der Waals surface area contributed by atoms with E-state index in [0.29, 0.717) is 18.5 Å². The van der Waals surface area contributed by atoms with E-state index >= 15 is 0 Å². The van der Waals surface area contributed by atoms with Crippen LogP contribution in [0.25, 0.3) is 0 Å². The number of carbonyl (C=O) groups is 3. The van der Waals surface area contributed by atoms with Crippen molar-refractivity contribution in [3.05, 3.63) is 29.3 Å². The predicted molar refractivity (Wildman–Crippen MR) is 93.4 cm³/mol. The number of amides is 3. The van der Waals surface area contributed by atoms with Crippen molar-refractivity contribution in [1.29, 1.82) is 5.26 Å². The first-order valence-electron chi connectivity index (χ1n) is 9.38. The molecule has 5 unspecified atom stereocenters. The molecule has 4 aliphatic rings. The van der Waals surface area contributed by atoms with Gasteiger partial charge in [0.15, 0.2) is 0 Å². The summed E-state index contributed by atoms with van der Waals surface area (Å²) in [7, 11) is 0. The minimum absolute atomic E-state index is 0.180. The van der Waals surface area contributed by atoms with Gasteiger partial charge < -0.3 is 9.64 Å². The van der Waals surface area contributed by atoms with Gasteiger partial charge in [0, 0.05) is 12.2 Å². The van der Waals surface area contributed by atoms with Gasteiger partial charge in [0.2, 0.25) is 17.7 Å². The molecule has 5 atom stereocenters. The zero-order valence-electron chi connectivity index (χ0n) is 14.9. The highest BCUT2D eigenvalue weighted by Gasteiger charge is 2.63. The van der Waals surface area contributed by atoms with E-state index in [1.165, 1.54) is 4.90 Å². The number of fused-ring (bicyclic) bond motifs is 6. The van der Waals surface area contributed by atoms with Crippen molar-refractivity contribution >= 4 is 23.4 Å². The van der Waals surface area contributed by atoms with E-state index in [9.17, 15) is 14.4 Å². The third kappa shape index (κ3) is 2.13. The Morgan fingerprint density at radius 1 is 1.22 bits per heavy atom. The molecule has 138 valence electrons. The van der Waals surface area contributed by atoms with E-state index in [4.69, 9.17) is 10.00 Å². The molecule has 3 saturated heterocycles. The van der Waals surface area contributed by atoms with Crippen molar-refractivity contribution < 1.29 is 19.1 Å². The van der Waals surface area contributed by atoms with Crippen LogP contribution < -0.4 is 4.90 Å². The second kappa shape index (κ2) is 5.64. The zero-order chi connectivity index (χ0) is 18.9. The fraction of sp³-hybridized carbons (Fsp3) is 0.500. The standard InChI is InChI=1S/C20H19N3O4/c1-10(18(24)22-7-6-12-8-11(9-21)2-3-13(12)22)23-19(25)16-14-4-5-15(27-14)17(16)20(23)26/h2-3,8,10,14-17H,4-7H2,1H3. The Balaban J connectivity index is 1.40. The lowest BCUT2D eigenvalue weighted by molar-refractivity contribution is -0.148. The van der Waals surface area contributed by atoms with Gasteiger partial charge in [-0.3, -0.25) is 19.3 Å². The van der Waals surface area contributed by atoms with E-state index in [2.05, 4.69) is 6.07 Å². The summed E-state index contributed by atoms with van der Waals surface area (Å²) in [5, 5.41) is 9.04. The van der Waals surface area contributed by atoms with Crippen LogP contribution in [0, 0.1) is 23.2 Å². The Labute approximate surface area is 156 Å². The summed E-state index contributed by atoms with van der Waals surface area (Å²) >= 11 is 0. The highest BCUT2D eigenvalue weighted by Crippen LogP contribution is 2.49. The Hall–Kier alpha value is -2.72. The average Bonchev–Trinajstić information content (AvgIpc) is 3.43. The zero-order valence-corrected chi connectivity index (χ0v) is 14.9. The van der Waals surface area contributed by atoms with Crippen molar-refractivity contribution in [3.63, 3.8) is 0 Å². The number of hydrogen-bond acceptors (Lipinski definition) is 5. The summed E-state index contributed by atoms with van der Waals surface area (Å²) in [5.41, 5.74) is 2.26. The lowest BCUT2D eigenvalue weighted by Crippen LogP contribution is -2.50. The summed E-state index contributed by atoms with van der Waals surface area (Å²) in [6.07, 6.45) is 1.92. The van der Waals surface area contributed by atoms with Gasteiger partial charge in [-0.25, -0.2) is 0 Å². The minimum atomic E-state index is -0.836. The van der Waals surface area contributed by atoms with Crippen molar-refractivity contribution in [2.45, 2.75) is 44.4 Å². The first-order valence-corrected chi connectivity index (χ1v) is 9.38. The molecule has 0 N–H and O–H groups in total.